The molecule has 1 rings (SSSR count). The van der Waals surface area contributed by atoms with E-state index >= 15 is 0 Å². The normalized spacial score (nSPS) is 12.8. The Kier molecular flexibility index (Phi) is 5.63. The minimum atomic E-state index is 0.334. The van der Waals surface area contributed by atoms with Gasteiger partial charge in [0.05, 0.1) is 6.61 Å². The Morgan fingerprint density at radius 2 is 1.61 bits per heavy atom. The smallest absolute Gasteiger partial charge is 0.119 e. The standard InChI is InChI=1S/C15H26N2O/c1-5-18-14-6-10(2)15(11(3)7-14)12(4)13(8-16)9-17/h6-7,12-13H,5,8-9,16-17H2,1-4H3. The van der Waals surface area contributed by atoms with Crippen molar-refractivity contribution in [1.29, 1.82) is 0 Å². The number of hydrogen-bond acceptors (Lipinski definition) is 3. The fourth-order valence-electron chi connectivity index (χ4n) is 2.64. The zero-order valence-corrected chi connectivity index (χ0v) is 12.0. The van der Waals surface area contributed by atoms with Gasteiger partial charge in [-0.1, -0.05) is 6.92 Å². The predicted molar refractivity (Wildman–Crippen MR) is 77.1 cm³/mol. The molecule has 0 bridgehead atoms. The van der Waals surface area contributed by atoms with Crippen molar-refractivity contribution in [2.75, 3.05) is 19.7 Å². The minimum absolute atomic E-state index is 0.334. The first-order valence-electron chi connectivity index (χ1n) is 6.69. The predicted octanol–water partition coefficient (Wildman–Crippen LogP) is 2.34. The molecule has 1 aromatic rings. The largest absolute Gasteiger partial charge is 0.494 e. The van der Waals surface area contributed by atoms with Crippen molar-refractivity contribution >= 4 is 0 Å². The fraction of sp³-hybridized carbons (Fsp3) is 0.600. The molecule has 0 fully saturated rings. The molecular weight excluding hydrogens is 224 g/mol. The topological polar surface area (TPSA) is 61.3 Å². The third-order valence-electron chi connectivity index (χ3n) is 3.65. The van der Waals surface area contributed by atoms with Crippen LogP contribution in [0.1, 0.15) is 36.5 Å². The van der Waals surface area contributed by atoms with Gasteiger partial charge in [-0.2, -0.15) is 0 Å². The first-order valence-corrected chi connectivity index (χ1v) is 6.69. The Morgan fingerprint density at radius 3 is 2.00 bits per heavy atom. The molecule has 0 aliphatic rings. The van der Waals surface area contributed by atoms with E-state index in [4.69, 9.17) is 16.2 Å². The number of hydrogen-bond donors (Lipinski definition) is 2. The van der Waals surface area contributed by atoms with Crippen LogP contribution >= 0.6 is 0 Å². The molecule has 1 atom stereocenters. The lowest BCUT2D eigenvalue weighted by atomic mass is 9.83. The molecule has 1 unspecified atom stereocenters. The van der Waals surface area contributed by atoms with E-state index in [1.807, 2.05) is 6.92 Å². The maximum Gasteiger partial charge on any atom is 0.119 e. The summed E-state index contributed by atoms with van der Waals surface area (Å²) in [5.74, 6) is 1.66. The molecule has 102 valence electrons. The van der Waals surface area contributed by atoms with Crippen LogP contribution in [0, 0.1) is 19.8 Å². The van der Waals surface area contributed by atoms with Crippen LogP contribution in [0.15, 0.2) is 12.1 Å². The molecule has 0 saturated heterocycles. The van der Waals surface area contributed by atoms with Gasteiger partial charge in [0, 0.05) is 0 Å². The van der Waals surface area contributed by atoms with Crippen molar-refractivity contribution in [3.63, 3.8) is 0 Å². The molecule has 0 radical (unpaired) electrons. The van der Waals surface area contributed by atoms with E-state index in [1.54, 1.807) is 0 Å². The first kappa shape index (κ1) is 15.0. The summed E-state index contributed by atoms with van der Waals surface area (Å²) in [7, 11) is 0. The lowest BCUT2D eigenvalue weighted by molar-refractivity contribution is 0.339. The second-order valence-electron chi connectivity index (χ2n) is 4.92. The van der Waals surface area contributed by atoms with Crippen molar-refractivity contribution in [3.05, 3.63) is 28.8 Å². The highest BCUT2D eigenvalue weighted by Gasteiger charge is 2.20. The van der Waals surface area contributed by atoms with Crippen LogP contribution in [0.4, 0.5) is 0 Å². The van der Waals surface area contributed by atoms with Gasteiger partial charge in [-0.05, 0) is 74.5 Å². The second kappa shape index (κ2) is 6.76. The molecule has 0 aromatic heterocycles. The molecule has 4 N–H and O–H groups in total. The average Bonchev–Trinajstić information content (AvgIpc) is 2.30. The third-order valence-corrected chi connectivity index (χ3v) is 3.65. The summed E-state index contributed by atoms with van der Waals surface area (Å²) >= 11 is 0. The summed E-state index contributed by atoms with van der Waals surface area (Å²) < 4.78 is 5.57. The monoisotopic (exact) mass is 250 g/mol. The van der Waals surface area contributed by atoms with Gasteiger partial charge < -0.3 is 16.2 Å². The van der Waals surface area contributed by atoms with Gasteiger partial charge in [0.1, 0.15) is 5.75 Å². The van der Waals surface area contributed by atoms with Gasteiger partial charge in [0.25, 0.3) is 0 Å². The molecule has 0 heterocycles. The Morgan fingerprint density at radius 1 is 1.11 bits per heavy atom. The number of benzene rings is 1. The average molecular weight is 250 g/mol. The van der Waals surface area contributed by atoms with Crippen LogP contribution < -0.4 is 16.2 Å². The first-order chi connectivity index (χ1) is 8.54. The van der Waals surface area contributed by atoms with Crippen LogP contribution in [0.3, 0.4) is 0 Å². The Hall–Kier alpha value is -1.06. The van der Waals surface area contributed by atoms with Crippen LogP contribution in [0.5, 0.6) is 5.75 Å². The van der Waals surface area contributed by atoms with Gasteiger partial charge in [-0.15, -0.1) is 0 Å². The number of ether oxygens (including phenoxy) is 1. The molecule has 0 spiro atoms. The maximum absolute atomic E-state index is 5.79. The van der Waals surface area contributed by atoms with E-state index in [1.165, 1.54) is 16.7 Å². The van der Waals surface area contributed by atoms with Crippen molar-refractivity contribution in [2.24, 2.45) is 17.4 Å². The lowest BCUT2D eigenvalue weighted by Gasteiger charge is -2.25. The van der Waals surface area contributed by atoms with Gasteiger partial charge in [0.15, 0.2) is 0 Å². The zero-order valence-electron chi connectivity index (χ0n) is 12.0. The van der Waals surface area contributed by atoms with E-state index in [0.29, 0.717) is 31.5 Å². The number of nitrogens with two attached hydrogens (primary N) is 2. The summed E-state index contributed by atoms with van der Waals surface area (Å²) in [5.41, 5.74) is 15.5. The number of rotatable bonds is 6. The summed E-state index contributed by atoms with van der Waals surface area (Å²) in [6.45, 7) is 10.4. The van der Waals surface area contributed by atoms with E-state index < -0.39 is 0 Å². The molecule has 0 aliphatic carbocycles. The molecule has 18 heavy (non-hydrogen) atoms. The molecule has 0 aliphatic heterocycles. The number of aryl methyl sites for hydroxylation is 2. The van der Waals surface area contributed by atoms with E-state index in [2.05, 4.69) is 32.9 Å². The van der Waals surface area contributed by atoms with E-state index in [0.717, 1.165) is 5.75 Å². The second-order valence-corrected chi connectivity index (χ2v) is 4.92. The van der Waals surface area contributed by atoms with Gasteiger partial charge in [0.2, 0.25) is 0 Å². The minimum Gasteiger partial charge on any atom is -0.494 e. The SMILES string of the molecule is CCOc1cc(C)c(C(C)C(CN)CN)c(C)c1. The molecule has 1 aromatic carbocycles. The summed E-state index contributed by atoms with van der Waals surface area (Å²) in [6.07, 6.45) is 0. The zero-order chi connectivity index (χ0) is 13.7. The van der Waals surface area contributed by atoms with Crippen molar-refractivity contribution in [1.82, 2.24) is 0 Å². The molecule has 0 amide bonds. The van der Waals surface area contributed by atoms with Crippen LogP contribution in [0.2, 0.25) is 0 Å². The van der Waals surface area contributed by atoms with Gasteiger partial charge in [-0.25, -0.2) is 0 Å². The summed E-state index contributed by atoms with van der Waals surface area (Å²) in [4.78, 5) is 0. The van der Waals surface area contributed by atoms with Crippen LogP contribution in [0.25, 0.3) is 0 Å². The Bertz CT molecular complexity index is 363. The van der Waals surface area contributed by atoms with Crippen molar-refractivity contribution < 1.29 is 4.74 Å². The van der Waals surface area contributed by atoms with Gasteiger partial charge in [-0.3, -0.25) is 0 Å². The third kappa shape index (κ3) is 3.24. The highest BCUT2D eigenvalue weighted by atomic mass is 16.5. The molecular formula is C15H26N2O. The Balaban J connectivity index is 3.09. The highest BCUT2D eigenvalue weighted by Crippen LogP contribution is 2.32. The van der Waals surface area contributed by atoms with Crippen LogP contribution in [-0.2, 0) is 0 Å². The highest BCUT2D eigenvalue weighted by molar-refractivity contribution is 5.43. The van der Waals surface area contributed by atoms with E-state index in [9.17, 15) is 0 Å². The fourth-order valence-corrected chi connectivity index (χ4v) is 2.64. The van der Waals surface area contributed by atoms with Crippen molar-refractivity contribution in [2.45, 2.75) is 33.6 Å². The Labute approximate surface area is 111 Å². The van der Waals surface area contributed by atoms with E-state index in [-0.39, 0.29) is 0 Å². The van der Waals surface area contributed by atoms with Crippen LogP contribution in [-0.4, -0.2) is 19.7 Å². The quantitative estimate of drug-likeness (QED) is 0.814. The lowest BCUT2D eigenvalue weighted by Crippen LogP contribution is -2.28. The summed E-state index contributed by atoms with van der Waals surface area (Å²) in [6, 6.07) is 4.21. The maximum atomic E-state index is 5.79. The van der Waals surface area contributed by atoms with Crippen molar-refractivity contribution in [3.8, 4) is 5.75 Å². The summed E-state index contributed by atoms with van der Waals surface area (Å²) in [5, 5.41) is 0. The molecule has 3 nitrogen and oxygen atoms in total. The molecule has 3 heteroatoms. The molecule has 0 saturated carbocycles. The van der Waals surface area contributed by atoms with Gasteiger partial charge >= 0.3 is 0 Å².